The second-order valence-corrected chi connectivity index (χ2v) is 6.08. The first-order valence-corrected chi connectivity index (χ1v) is 8.55. The van der Waals surface area contributed by atoms with Crippen LogP contribution in [0.15, 0.2) is 71.1 Å². The molecule has 134 valence electrons. The molecule has 0 spiro atoms. The van der Waals surface area contributed by atoms with Crippen molar-refractivity contribution < 1.29 is 4.74 Å². The van der Waals surface area contributed by atoms with E-state index in [1.807, 2.05) is 48.5 Å². The van der Waals surface area contributed by atoms with Gasteiger partial charge in [0.2, 0.25) is 0 Å². The van der Waals surface area contributed by atoms with Crippen molar-refractivity contribution in [1.29, 1.82) is 0 Å². The van der Waals surface area contributed by atoms with E-state index in [1.54, 1.807) is 19.2 Å². The van der Waals surface area contributed by atoms with E-state index in [-0.39, 0.29) is 5.56 Å². The number of aromatic amines is 1. The number of nitrogens with zero attached hydrogens (tertiary/aromatic N) is 3. The number of H-pyrrole nitrogens is 1. The van der Waals surface area contributed by atoms with Crippen LogP contribution in [0.1, 0.15) is 11.4 Å². The molecule has 2 aromatic carbocycles. The largest absolute Gasteiger partial charge is 0.490 e. The third kappa shape index (κ3) is 3.13. The molecular formula is C21H18N4O2. The number of hydrogen-bond acceptors (Lipinski definition) is 4. The van der Waals surface area contributed by atoms with Crippen LogP contribution >= 0.6 is 0 Å². The first kappa shape index (κ1) is 16.8. The number of ether oxygens (including phenoxy) is 1. The zero-order valence-electron chi connectivity index (χ0n) is 14.8. The van der Waals surface area contributed by atoms with Gasteiger partial charge in [-0.15, -0.1) is 0 Å². The minimum absolute atomic E-state index is 0.226. The fourth-order valence-corrected chi connectivity index (χ4v) is 2.93. The second kappa shape index (κ2) is 6.92. The Morgan fingerprint density at radius 1 is 1.22 bits per heavy atom. The molecule has 0 saturated carbocycles. The Kier molecular flexibility index (Phi) is 4.30. The molecule has 0 aliphatic heterocycles. The molecule has 6 heteroatoms. The van der Waals surface area contributed by atoms with Crippen LogP contribution in [-0.4, -0.2) is 27.5 Å². The highest BCUT2D eigenvalue weighted by molar-refractivity contribution is 6.04. The molecule has 0 saturated heterocycles. The predicted octanol–water partition coefficient (Wildman–Crippen LogP) is 3.63. The molecular weight excluding hydrogens is 340 g/mol. The first-order valence-electron chi connectivity index (χ1n) is 8.55. The number of aromatic nitrogens is 3. The molecule has 4 aromatic rings. The zero-order chi connectivity index (χ0) is 18.8. The van der Waals surface area contributed by atoms with Crippen LogP contribution in [0, 0.1) is 6.92 Å². The summed E-state index contributed by atoms with van der Waals surface area (Å²) in [4.78, 5) is 20.6. The fraction of sp³-hybridized carbons (Fsp3) is 0.0952. The molecule has 0 aliphatic carbocycles. The van der Waals surface area contributed by atoms with Crippen molar-refractivity contribution >= 4 is 28.2 Å². The summed E-state index contributed by atoms with van der Waals surface area (Å²) in [5.41, 5.74) is 2.63. The van der Waals surface area contributed by atoms with Crippen LogP contribution in [-0.2, 0) is 0 Å². The van der Waals surface area contributed by atoms with Gasteiger partial charge >= 0.3 is 0 Å². The Labute approximate surface area is 155 Å². The highest BCUT2D eigenvalue weighted by atomic mass is 16.5. The Balaban J connectivity index is 1.71. The van der Waals surface area contributed by atoms with Crippen LogP contribution in [0.4, 0.5) is 0 Å². The van der Waals surface area contributed by atoms with E-state index in [9.17, 15) is 4.79 Å². The summed E-state index contributed by atoms with van der Waals surface area (Å²) in [6.07, 6.45) is 3.32. The van der Waals surface area contributed by atoms with Crippen molar-refractivity contribution in [3.63, 3.8) is 0 Å². The van der Waals surface area contributed by atoms with Crippen molar-refractivity contribution in [2.75, 3.05) is 6.61 Å². The van der Waals surface area contributed by atoms with Gasteiger partial charge in [0, 0.05) is 10.9 Å². The van der Waals surface area contributed by atoms with Crippen LogP contribution in [0.2, 0.25) is 0 Å². The summed E-state index contributed by atoms with van der Waals surface area (Å²) >= 11 is 0. The van der Waals surface area contributed by atoms with Crippen molar-refractivity contribution in [2.24, 2.45) is 5.10 Å². The van der Waals surface area contributed by atoms with Gasteiger partial charge in [0.1, 0.15) is 29.2 Å². The average molecular weight is 358 g/mol. The summed E-state index contributed by atoms with van der Waals surface area (Å²) in [5.74, 6) is 1.28. The van der Waals surface area contributed by atoms with E-state index in [0.717, 1.165) is 22.2 Å². The highest BCUT2D eigenvalue weighted by Gasteiger charge is 2.12. The van der Waals surface area contributed by atoms with E-state index < -0.39 is 0 Å². The van der Waals surface area contributed by atoms with Gasteiger partial charge in [-0.1, -0.05) is 30.9 Å². The van der Waals surface area contributed by atoms with Crippen molar-refractivity contribution in [3.8, 4) is 5.75 Å². The lowest BCUT2D eigenvalue weighted by molar-refractivity contribution is 0.363. The molecule has 0 atom stereocenters. The van der Waals surface area contributed by atoms with Crippen LogP contribution in [0.5, 0.6) is 5.75 Å². The number of nitrogens with one attached hydrogen (secondary N) is 1. The van der Waals surface area contributed by atoms with E-state index in [2.05, 4.69) is 21.6 Å². The number of aryl methyl sites for hydroxylation is 1. The highest BCUT2D eigenvalue weighted by Crippen LogP contribution is 2.21. The van der Waals surface area contributed by atoms with Gasteiger partial charge in [-0.2, -0.15) is 9.78 Å². The first-order chi connectivity index (χ1) is 13.2. The number of para-hydroxylation sites is 1. The predicted molar refractivity (Wildman–Crippen MR) is 108 cm³/mol. The third-order valence-corrected chi connectivity index (χ3v) is 4.24. The van der Waals surface area contributed by atoms with E-state index in [0.29, 0.717) is 23.5 Å². The SMILES string of the molecule is C=CCOc1ccc(C=Nn2c(C)nc3c([nH]c4ccccc43)c2=O)cc1. The van der Waals surface area contributed by atoms with E-state index in [4.69, 9.17) is 4.74 Å². The lowest BCUT2D eigenvalue weighted by Gasteiger charge is -2.04. The van der Waals surface area contributed by atoms with Gasteiger partial charge in [-0.3, -0.25) is 4.79 Å². The van der Waals surface area contributed by atoms with Gasteiger partial charge in [-0.05, 0) is 42.8 Å². The summed E-state index contributed by atoms with van der Waals surface area (Å²) < 4.78 is 6.76. The Morgan fingerprint density at radius 2 is 2.00 bits per heavy atom. The number of hydrogen-bond donors (Lipinski definition) is 1. The summed E-state index contributed by atoms with van der Waals surface area (Å²) in [7, 11) is 0. The molecule has 0 amide bonds. The number of fused-ring (bicyclic) bond motifs is 3. The Hall–Kier alpha value is -3.67. The van der Waals surface area contributed by atoms with E-state index >= 15 is 0 Å². The maximum Gasteiger partial charge on any atom is 0.298 e. The van der Waals surface area contributed by atoms with Gasteiger partial charge in [-0.25, -0.2) is 4.98 Å². The summed E-state index contributed by atoms with van der Waals surface area (Å²) in [6, 6.07) is 15.2. The standard InChI is InChI=1S/C21H18N4O2/c1-3-12-27-16-10-8-15(9-11-16)13-22-25-14(2)23-19-17-6-4-5-7-18(17)24-20(19)21(25)26/h3-11,13,24H,1,12H2,2H3. The molecule has 0 aliphatic rings. The van der Waals surface area contributed by atoms with Crippen molar-refractivity contribution in [1.82, 2.24) is 14.6 Å². The third-order valence-electron chi connectivity index (χ3n) is 4.24. The van der Waals surface area contributed by atoms with Crippen molar-refractivity contribution in [3.05, 3.63) is 82.9 Å². The van der Waals surface area contributed by atoms with Gasteiger partial charge in [0.05, 0.1) is 6.21 Å². The van der Waals surface area contributed by atoms with Crippen LogP contribution < -0.4 is 10.3 Å². The quantitative estimate of drug-likeness (QED) is 0.437. The second-order valence-electron chi connectivity index (χ2n) is 6.08. The summed E-state index contributed by atoms with van der Waals surface area (Å²) in [5, 5.41) is 5.26. The molecule has 2 heterocycles. The molecule has 0 radical (unpaired) electrons. The number of rotatable bonds is 5. The van der Waals surface area contributed by atoms with Gasteiger partial charge in [0.15, 0.2) is 0 Å². The molecule has 0 unspecified atom stereocenters. The Morgan fingerprint density at radius 3 is 2.78 bits per heavy atom. The topological polar surface area (TPSA) is 72.3 Å². The van der Waals surface area contributed by atoms with Crippen molar-refractivity contribution in [2.45, 2.75) is 6.92 Å². The van der Waals surface area contributed by atoms with Crippen LogP contribution in [0.3, 0.4) is 0 Å². The average Bonchev–Trinajstić information content (AvgIpc) is 3.06. The Bertz CT molecular complexity index is 1220. The lowest BCUT2D eigenvalue weighted by Crippen LogP contribution is -2.20. The maximum absolute atomic E-state index is 12.9. The lowest BCUT2D eigenvalue weighted by atomic mass is 10.2. The number of benzene rings is 2. The molecule has 27 heavy (non-hydrogen) atoms. The summed E-state index contributed by atoms with van der Waals surface area (Å²) in [6.45, 7) is 5.85. The molecule has 0 fully saturated rings. The minimum atomic E-state index is -0.226. The molecule has 4 rings (SSSR count). The molecule has 2 aromatic heterocycles. The van der Waals surface area contributed by atoms with Gasteiger partial charge < -0.3 is 9.72 Å². The van der Waals surface area contributed by atoms with Crippen LogP contribution in [0.25, 0.3) is 21.9 Å². The van der Waals surface area contributed by atoms with E-state index in [1.165, 1.54) is 4.68 Å². The smallest absolute Gasteiger partial charge is 0.298 e. The molecule has 6 nitrogen and oxygen atoms in total. The molecule has 0 bridgehead atoms. The fourth-order valence-electron chi connectivity index (χ4n) is 2.93. The maximum atomic E-state index is 12.9. The zero-order valence-corrected chi connectivity index (χ0v) is 14.8. The normalized spacial score (nSPS) is 11.4. The monoisotopic (exact) mass is 358 g/mol. The minimum Gasteiger partial charge on any atom is -0.490 e. The molecule has 1 N–H and O–H groups in total. The van der Waals surface area contributed by atoms with Gasteiger partial charge in [0.25, 0.3) is 5.56 Å².